The fourth-order valence-corrected chi connectivity index (χ4v) is 3.28. The molecule has 2 aliphatic rings. The SMILES string of the molecule is Cc1c(Br)cc2c(c1C1CCCNC1)OCCO2. The van der Waals surface area contributed by atoms with E-state index in [0.29, 0.717) is 19.1 Å². The summed E-state index contributed by atoms with van der Waals surface area (Å²) in [6, 6.07) is 2.03. The number of benzene rings is 1. The van der Waals surface area contributed by atoms with Crippen LogP contribution in [0.1, 0.15) is 29.9 Å². The molecule has 0 saturated carbocycles. The van der Waals surface area contributed by atoms with Gasteiger partial charge in [0.1, 0.15) is 13.2 Å². The number of halogens is 1. The molecular formula is C14H18BrNO2. The lowest BCUT2D eigenvalue weighted by molar-refractivity contribution is 0.168. The van der Waals surface area contributed by atoms with Crippen LogP contribution in [0.3, 0.4) is 0 Å². The summed E-state index contributed by atoms with van der Waals surface area (Å²) in [4.78, 5) is 0. The molecule has 1 aromatic carbocycles. The number of hydrogen-bond acceptors (Lipinski definition) is 3. The molecular weight excluding hydrogens is 294 g/mol. The number of fused-ring (bicyclic) bond motifs is 1. The molecule has 0 spiro atoms. The maximum Gasteiger partial charge on any atom is 0.165 e. The van der Waals surface area contributed by atoms with Gasteiger partial charge in [-0.15, -0.1) is 0 Å². The highest BCUT2D eigenvalue weighted by atomic mass is 79.9. The predicted octanol–water partition coefficient (Wildman–Crippen LogP) is 3.00. The van der Waals surface area contributed by atoms with Crippen LogP contribution in [-0.4, -0.2) is 26.3 Å². The first-order valence-electron chi connectivity index (χ1n) is 6.56. The Bertz CT molecular complexity index is 456. The summed E-state index contributed by atoms with van der Waals surface area (Å²) in [6.45, 7) is 5.62. The molecule has 1 saturated heterocycles. The van der Waals surface area contributed by atoms with Gasteiger partial charge in [0, 0.05) is 22.5 Å². The van der Waals surface area contributed by atoms with Gasteiger partial charge < -0.3 is 14.8 Å². The van der Waals surface area contributed by atoms with Gasteiger partial charge in [0.05, 0.1) is 0 Å². The van der Waals surface area contributed by atoms with Crippen LogP contribution in [-0.2, 0) is 0 Å². The van der Waals surface area contributed by atoms with Crippen molar-refractivity contribution in [2.24, 2.45) is 0 Å². The molecule has 1 aromatic rings. The summed E-state index contributed by atoms with van der Waals surface area (Å²) < 4.78 is 12.7. The number of ether oxygens (including phenoxy) is 2. The Morgan fingerprint density at radius 3 is 2.94 bits per heavy atom. The average molecular weight is 312 g/mol. The summed E-state index contributed by atoms with van der Waals surface area (Å²) in [5.41, 5.74) is 2.61. The predicted molar refractivity (Wildman–Crippen MR) is 74.7 cm³/mol. The third-order valence-electron chi connectivity index (χ3n) is 3.78. The molecule has 0 amide bonds. The van der Waals surface area contributed by atoms with E-state index in [4.69, 9.17) is 9.47 Å². The zero-order valence-corrected chi connectivity index (χ0v) is 12.2. The maximum atomic E-state index is 5.87. The van der Waals surface area contributed by atoms with Gasteiger partial charge >= 0.3 is 0 Å². The van der Waals surface area contributed by atoms with Crippen LogP contribution in [0, 0.1) is 6.92 Å². The Balaban J connectivity index is 2.07. The van der Waals surface area contributed by atoms with Crippen molar-refractivity contribution >= 4 is 15.9 Å². The van der Waals surface area contributed by atoms with Crippen molar-refractivity contribution in [1.29, 1.82) is 0 Å². The van der Waals surface area contributed by atoms with Crippen molar-refractivity contribution in [3.05, 3.63) is 21.7 Å². The van der Waals surface area contributed by atoms with Crippen molar-refractivity contribution in [2.45, 2.75) is 25.7 Å². The molecule has 0 aliphatic carbocycles. The van der Waals surface area contributed by atoms with E-state index in [1.54, 1.807) is 0 Å². The minimum Gasteiger partial charge on any atom is -0.486 e. The Morgan fingerprint density at radius 1 is 1.33 bits per heavy atom. The van der Waals surface area contributed by atoms with Crippen molar-refractivity contribution in [3.8, 4) is 11.5 Å². The minimum absolute atomic E-state index is 0.534. The average Bonchev–Trinajstić information content (AvgIpc) is 2.41. The van der Waals surface area contributed by atoms with Crippen LogP contribution < -0.4 is 14.8 Å². The van der Waals surface area contributed by atoms with E-state index in [-0.39, 0.29) is 0 Å². The van der Waals surface area contributed by atoms with Crippen LogP contribution >= 0.6 is 15.9 Å². The Labute approximate surface area is 116 Å². The molecule has 0 bridgehead atoms. The summed E-state index contributed by atoms with van der Waals surface area (Å²) in [5.74, 6) is 2.39. The first kappa shape index (κ1) is 12.3. The zero-order chi connectivity index (χ0) is 12.5. The van der Waals surface area contributed by atoms with E-state index >= 15 is 0 Å². The zero-order valence-electron chi connectivity index (χ0n) is 10.6. The smallest absolute Gasteiger partial charge is 0.165 e. The fourth-order valence-electron chi connectivity index (χ4n) is 2.86. The number of hydrogen-bond donors (Lipinski definition) is 1. The van der Waals surface area contributed by atoms with Crippen LogP contribution in [0.15, 0.2) is 10.5 Å². The van der Waals surface area contributed by atoms with E-state index in [1.807, 2.05) is 6.07 Å². The molecule has 1 atom stereocenters. The largest absolute Gasteiger partial charge is 0.486 e. The first-order valence-corrected chi connectivity index (χ1v) is 7.36. The standard InChI is InChI=1S/C14H18BrNO2/c1-9-11(15)7-12-14(18-6-5-17-12)13(9)10-3-2-4-16-8-10/h7,10,16H,2-6,8H2,1H3. The van der Waals surface area contributed by atoms with Crippen molar-refractivity contribution in [2.75, 3.05) is 26.3 Å². The quantitative estimate of drug-likeness (QED) is 0.865. The van der Waals surface area contributed by atoms with Gasteiger partial charge in [-0.05, 0) is 37.9 Å². The maximum absolute atomic E-state index is 5.87. The number of rotatable bonds is 1. The number of nitrogens with one attached hydrogen (secondary N) is 1. The summed E-state index contributed by atoms with van der Waals surface area (Å²) in [7, 11) is 0. The lowest BCUT2D eigenvalue weighted by atomic mass is 9.87. The van der Waals surface area contributed by atoms with E-state index in [2.05, 4.69) is 28.2 Å². The Kier molecular flexibility index (Phi) is 3.48. The molecule has 3 rings (SSSR count). The molecule has 1 fully saturated rings. The second kappa shape index (κ2) is 5.10. The van der Waals surface area contributed by atoms with Crippen LogP contribution in [0.4, 0.5) is 0 Å². The highest BCUT2D eigenvalue weighted by Gasteiger charge is 2.27. The van der Waals surface area contributed by atoms with Gasteiger partial charge in [0.2, 0.25) is 0 Å². The second-order valence-corrected chi connectivity index (χ2v) is 5.82. The lowest BCUT2D eigenvalue weighted by Gasteiger charge is -2.30. The summed E-state index contributed by atoms with van der Waals surface area (Å²) in [6.07, 6.45) is 2.45. The van der Waals surface area contributed by atoms with Gasteiger partial charge in [0.15, 0.2) is 11.5 Å². The molecule has 98 valence electrons. The first-order chi connectivity index (χ1) is 8.77. The lowest BCUT2D eigenvalue weighted by Crippen LogP contribution is -2.29. The van der Waals surface area contributed by atoms with Crippen LogP contribution in [0.2, 0.25) is 0 Å². The van der Waals surface area contributed by atoms with E-state index in [0.717, 1.165) is 29.1 Å². The van der Waals surface area contributed by atoms with E-state index in [1.165, 1.54) is 24.0 Å². The second-order valence-electron chi connectivity index (χ2n) is 4.96. The summed E-state index contributed by atoms with van der Waals surface area (Å²) in [5, 5.41) is 3.48. The topological polar surface area (TPSA) is 30.5 Å². The molecule has 1 unspecified atom stereocenters. The third-order valence-corrected chi connectivity index (χ3v) is 4.60. The molecule has 2 aliphatic heterocycles. The molecule has 3 nitrogen and oxygen atoms in total. The van der Waals surface area contributed by atoms with Gasteiger partial charge in [-0.2, -0.15) is 0 Å². The molecule has 0 aromatic heterocycles. The molecule has 1 N–H and O–H groups in total. The highest BCUT2D eigenvalue weighted by Crippen LogP contribution is 2.44. The molecule has 4 heteroatoms. The Hall–Kier alpha value is -0.740. The monoisotopic (exact) mass is 311 g/mol. The van der Waals surface area contributed by atoms with Gasteiger partial charge in [-0.25, -0.2) is 0 Å². The number of piperidine rings is 1. The van der Waals surface area contributed by atoms with Crippen molar-refractivity contribution in [3.63, 3.8) is 0 Å². The third kappa shape index (κ3) is 2.12. The molecule has 0 radical (unpaired) electrons. The molecule has 2 heterocycles. The summed E-state index contributed by atoms with van der Waals surface area (Å²) >= 11 is 3.64. The van der Waals surface area contributed by atoms with Gasteiger partial charge in [-0.3, -0.25) is 0 Å². The van der Waals surface area contributed by atoms with Crippen LogP contribution in [0.5, 0.6) is 11.5 Å². The minimum atomic E-state index is 0.534. The molecule has 18 heavy (non-hydrogen) atoms. The normalized spacial score (nSPS) is 22.9. The van der Waals surface area contributed by atoms with E-state index in [9.17, 15) is 0 Å². The highest BCUT2D eigenvalue weighted by molar-refractivity contribution is 9.10. The van der Waals surface area contributed by atoms with Crippen molar-refractivity contribution < 1.29 is 9.47 Å². The van der Waals surface area contributed by atoms with Crippen molar-refractivity contribution in [1.82, 2.24) is 5.32 Å². The van der Waals surface area contributed by atoms with Crippen LogP contribution in [0.25, 0.3) is 0 Å². The van der Waals surface area contributed by atoms with Gasteiger partial charge in [0.25, 0.3) is 0 Å². The fraction of sp³-hybridized carbons (Fsp3) is 0.571. The van der Waals surface area contributed by atoms with E-state index < -0.39 is 0 Å². The Morgan fingerprint density at radius 2 is 2.17 bits per heavy atom. The van der Waals surface area contributed by atoms with Gasteiger partial charge in [-0.1, -0.05) is 15.9 Å².